The molecule has 0 N–H and O–H groups in total. The molecule has 0 saturated heterocycles. The maximum absolute atomic E-state index is 11.2. The van der Waals surface area contributed by atoms with Crippen LogP contribution in [-0.4, -0.2) is 32.1 Å². The number of hydrogen-bond donors (Lipinski definition) is 0. The SMILES string of the molecule is CC(C)(C)C1=CCN(S(C)(=O)=O)CC1. The molecule has 1 heterocycles. The highest BCUT2D eigenvalue weighted by Crippen LogP contribution is 2.30. The van der Waals surface area contributed by atoms with Crippen molar-refractivity contribution in [1.82, 2.24) is 4.31 Å². The molecule has 1 rings (SSSR count). The standard InChI is InChI=1S/C10H19NO2S/c1-10(2,3)9-5-7-11(8-6-9)14(4,12)13/h5H,6-8H2,1-4H3. The van der Waals surface area contributed by atoms with E-state index in [0.29, 0.717) is 13.1 Å². The summed E-state index contributed by atoms with van der Waals surface area (Å²) in [5, 5.41) is 0. The van der Waals surface area contributed by atoms with Crippen molar-refractivity contribution >= 4 is 10.0 Å². The Labute approximate surface area is 86.8 Å². The van der Waals surface area contributed by atoms with Crippen molar-refractivity contribution in [3.63, 3.8) is 0 Å². The van der Waals surface area contributed by atoms with Gasteiger partial charge in [0.05, 0.1) is 6.26 Å². The predicted molar refractivity (Wildman–Crippen MR) is 58.6 cm³/mol. The molecule has 0 spiro atoms. The number of nitrogens with zero attached hydrogens (tertiary/aromatic N) is 1. The lowest BCUT2D eigenvalue weighted by Gasteiger charge is -2.30. The minimum Gasteiger partial charge on any atom is -0.212 e. The highest BCUT2D eigenvalue weighted by Gasteiger charge is 2.24. The van der Waals surface area contributed by atoms with E-state index in [0.717, 1.165) is 6.42 Å². The fourth-order valence-electron chi connectivity index (χ4n) is 1.63. The first kappa shape index (κ1) is 11.7. The van der Waals surface area contributed by atoms with Crippen molar-refractivity contribution in [3.05, 3.63) is 11.6 Å². The second-order valence-corrected chi connectivity index (χ2v) is 6.83. The van der Waals surface area contributed by atoms with Crippen molar-refractivity contribution in [3.8, 4) is 0 Å². The van der Waals surface area contributed by atoms with E-state index in [1.165, 1.54) is 16.1 Å². The van der Waals surface area contributed by atoms with Crippen LogP contribution in [0, 0.1) is 5.41 Å². The van der Waals surface area contributed by atoms with E-state index in [4.69, 9.17) is 0 Å². The van der Waals surface area contributed by atoms with Crippen LogP contribution in [0.5, 0.6) is 0 Å². The molecule has 0 radical (unpaired) electrons. The van der Waals surface area contributed by atoms with Crippen molar-refractivity contribution in [2.24, 2.45) is 5.41 Å². The van der Waals surface area contributed by atoms with Crippen molar-refractivity contribution in [2.45, 2.75) is 27.2 Å². The van der Waals surface area contributed by atoms with Crippen LogP contribution < -0.4 is 0 Å². The van der Waals surface area contributed by atoms with Gasteiger partial charge in [-0.25, -0.2) is 8.42 Å². The topological polar surface area (TPSA) is 37.4 Å². The third kappa shape index (κ3) is 2.82. The number of rotatable bonds is 1. The van der Waals surface area contributed by atoms with E-state index < -0.39 is 10.0 Å². The maximum atomic E-state index is 11.2. The van der Waals surface area contributed by atoms with E-state index in [2.05, 4.69) is 20.8 Å². The van der Waals surface area contributed by atoms with E-state index in [-0.39, 0.29) is 5.41 Å². The highest BCUT2D eigenvalue weighted by atomic mass is 32.2. The van der Waals surface area contributed by atoms with Gasteiger partial charge in [-0.05, 0) is 11.8 Å². The molecule has 0 atom stereocenters. The van der Waals surface area contributed by atoms with Gasteiger partial charge in [-0.15, -0.1) is 0 Å². The molecule has 0 unspecified atom stereocenters. The molecule has 3 nitrogen and oxygen atoms in total. The second kappa shape index (κ2) is 3.66. The van der Waals surface area contributed by atoms with Gasteiger partial charge in [0, 0.05) is 13.1 Å². The summed E-state index contributed by atoms with van der Waals surface area (Å²) >= 11 is 0. The summed E-state index contributed by atoms with van der Waals surface area (Å²) in [4.78, 5) is 0. The van der Waals surface area contributed by atoms with Crippen molar-refractivity contribution in [2.75, 3.05) is 19.3 Å². The number of sulfonamides is 1. The van der Waals surface area contributed by atoms with Gasteiger partial charge in [-0.2, -0.15) is 4.31 Å². The van der Waals surface area contributed by atoms with Gasteiger partial charge in [0.1, 0.15) is 0 Å². The fourth-order valence-corrected chi connectivity index (χ4v) is 2.40. The molecule has 0 aromatic heterocycles. The van der Waals surface area contributed by atoms with Crippen LogP contribution in [0.4, 0.5) is 0 Å². The molecular weight excluding hydrogens is 198 g/mol. The molecule has 1 aliphatic heterocycles. The normalized spacial score (nSPS) is 20.7. The van der Waals surface area contributed by atoms with Gasteiger partial charge in [0.25, 0.3) is 0 Å². The second-order valence-electron chi connectivity index (χ2n) is 4.85. The monoisotopic (exact) mass is 217 g/mol. The largest absolute Gasteiger partial charge is 0.212 e. The van der Waals surface area contributed by atoms with E-state index >= 15 is 0 Å². The van der Waals surface area contributed by atoms with Gasteiger partial charge in [0.2, 0.25) is 10.0 Å². The maximum Gasteiger partial charge on any atom is 0.211 e. The highest BCUT2D eigenvalue weighted by molar-refractivity contribution is 7.88. The van der Waals surface area contributed by atoms with Crippen LogP contribution in [0.1, 0.15) is 27.2 Å². The fraction of sp³-hybridized carbons (Fsp3) is 0.800. The molecule has 0 aromatic carbocycles. The van der Waals surface area contributed by atoms with E-state index in [1.807, 2.05) is 6.08 Å². The summed E-state index contributed by atoms with van der Waals surface area (Å²) in [5.74, 6) is 0. The molecule has 14 heavy (non-hydrogen) atoms. The predicted octanol–water partition coefficient (Wildman–Crippen LogP) is 1.62. The van der Waals surface area contributed by atoms with Gasteiger partial charge >= 0.3 is 0 Å². The Morgan fingerprint density at radius 3 is 2.21 bits per heavy atom. The molecule has 1 aliphatic rings. The van der Waals surface area contributed by atoms with Crippen LogP contribution in [-0.2, 0) is 10.0 Å². The summed E-state index contributed by atoms with van der Waals surface area (Å²) in [6.07, 6.45) is 4.17. The summed E-state index contributed by atoms with van der Waals surface area (Å²) < 4.78 is 24.0. The first-order chi connectivity index (χ1) is 6.21. The molecule has 4 heteroatoms. The van der Waals surface area contributed by atoms with E-state index in [1.54, 1.807) is 0 Å². The lowest BCUT2D eigenvalue weighted by atomic mass is 9.83. The van der Waals surface area contributed by atoms with Gasteiger partial charge < -0.3 is 0 Å². The molecule has 0 aromatic rings. The molecule has 0 amide bonds. The zero-order chi connectivity index (χ0) is 11.0. The van der Waals surface area contributed by atoms with Crippen LogP contribution in [0.15, 0.2) is 11.6 Å². The Morgan fingerprint density at radius 1 is 1.36 bits per heavy atom. The van der Waals surface area contributed by atoms with Crippen molar-refractivity contribution in [1.29, 1.82) is 0 Å². The summed E-state index contributed by atoms with van der Waals surface area (Å²) in [6.45, 7) is 7.65. The molecule has 0 saturated carbocycles. The smallest absolute Gasteiger partial charge is 0.211 e. The van der Waals surface area contributed by atoms with Crippen LogP contribution in [0.3, 0.4) is 0 Å². The van der Waals surface area contributed by atoms with Crippen LogP contribution >= 0.6 is 0 Å². The Hall–Kier alpha value is -0.350. The average Bonchev–Trinajstić information content (AvgIpc) is 2.01. The third-order valence-electron chi connectivity index (χ3n) is 2.60. The Morgan fingerprint density at radius 2 is 1.93 bits per heavy atom. The summed E-state index contributed by atoms with van der Waals surface area (Å²) in [6, 6.07) is 0. The zero-order valence-corrected chi connectivity index (χ0v) is 10.2. The quantitative estimate of drug-likeness (QED) is 0.626. The van der Waals surface area contributed by atoms with Gasteiger partial charge in [-0.3, -0.25) is 0 Å². The van der Waals surface area contributed by atoms with Crippen LogP contribution in [0.25, 0.3) is 0 Å². The molecule has 0 aliphatic carbocycles. The van der Waals surface area contributed by atoms with Gasteiger partial charge in [0.15, 0.2) is 0 Å². The first-order valence-corrected chi connectivity index (χ1v) is 6.71. The molecule has 82 valence electrons. The summed E-state index contributed by atoms with van der Waals surface area (Å²) in [5.41, 5.74) is 1.53. The zero-order valence-electron chi connectivity index (χ0n) is 9.37. The third-order valence-corrected chi connectivity index (χ3v) is 3.87. The van der Waals surface area contributed by atoms with Crippen LogP contribution in [0.2, 0.25) is 0 Å². The minimum absolute atomic E-state index is 0.170. The Kier molecular flexibility index (Phi) is 3.07. The average molecular weight is 217 g/mol. The molecule has 0 fully saturated rings. The van der Waals surface area contributed by atoms with Gasteiger partial charge in [-0.1, -0.05) is 32.4 Å². The summed E-state index contributed by atoms with van der Waals surface area (Å²) in [7, 11) is -3.01. The lowest BCUT2D eigenvalue weighted by molar-refractivity contribution is 0.392. The van der Waals surface area contributed by atoms with Crippen molar-refractivity contribution < 1.29 is 8.42 Å². The molecular formula is C10H19NO2S. The first-order valence-electron chi connectivity index (χ1n) is 4.86. The molecule has 0 bridgehead atoms. The number of hydrogen-bond acceptors (Lipinski definition) is 2. The lowest BCUT2D eigenvalue weighted by Crippen LogP contribution is -2.35. The Bertz CT molecular complexity index is 336. The minimum atomic E-state index is -3.01. The van der Waals surface area contributed by atoms with E-state index in [9.17, 15) is 8.42 Å². The Balaban J connectivity index is 2.75.